The second-order valence-electron chi connectivity index (χ2n) is 3.91. The summed E-state index contributed by atoms with van der Waals surface area (Å²) < 4.78 is 0.899. The van der Waals surface area contributed by atoms with Gasteiger partial charge in [0, 0.05) is 5.02 Å². The number of benzene rings is 1. The number of hydrogen-bond acceptors (Lipinski definition) is 6. The molecule has 0 aliphatic heterocycles. The van der Waals surface area contributed by atoms with Crippen LogP contribution in [0.25, 0.3) is 10.2 Å². The molecule has 100 valence electrons. The molecule has 0 fully saturated rings. The molecule has 0 unspecified atom stereocenters. The van der Waals surface area contributed by atoms with Crippen LogP contribution in [-0.2, 0) is 0 Å². The highest BCUT2D eigenvalue weighted by atomic mass is 35.5. The number of anilines is 2. The van der Waals surface area contributed by atoms with E-state index in [1.54, 1.807) is 18.2 Å². The fourth-order valence-corrected chi connectivity index (χ4v) is 2.71. The van der Waals surface area contributed by atoms with Crippen molar-refractivity contribution in [3.63, 3.8) is 0 Å². The number of nitrogens with zero attached hydrogens (tertiary/aromatic N) is 3. The minimum Gasteiger partial charge on any atom is -0.382 e. The van der Waals surface area contributed by atoms with Gasteiger partial charge in [-0.1, -0.05) is 22.9 Å². The Kier molecular flexibility index (Phi) is 3.21. The standard InChI is InChI=1S/C12H8ClN5OS/c13-6-1-2-7-9(3-6)20-12(17-7)18-11(19)8-4-16-10(14)5-15-8/h1-5H,(H2,14,16)(H,17,18,19). The molecular weight excluding hydrogens is 298 g/mol. The average molecular weight is 306 g/mol. The zero-order valence-corrected chi connectivity index (χ0v) is 11.6. The Morgan fingerprint density at radius 2 is 2.15 bits per heavy atom. The van der Waals surface area contributed by atoms with Gasteiger partial charge in [0.05, 0.1) is 22.6 Å². The van der Waals surface area contributed by atoms with Crippen LogP contribution in [0.15, 0.2) is 30.6 Å². The first-order valence-electron chi connectivity index (χ1n) is 5.57. The molecule has 0 spiro atoms. The summed E-state index contributed by atoms with van der Waals surface area (Å²) in [6, 6.07) is 5.35. The third kappa shape index (κ3) is 2.54. The number of carbonyl (C=O) groups excluding carboxylic acids is 1. The van der Waals surface area contributed by atoms with Gasteiger partial charge in [-0.05, 0) is 18.2 Å². The Balaban J connectivity index is 1.85. The molecule has 0 radical (unpaired) electrons. The highest BCUT2D eigenvalue weighted by Crippen LogP contribution is 2.28. The highest BCUT2D eigenvalue weighted by molar-refractivity contribution is 7.22. The van der Waals surface area contributed by atoms with Gasteiger partial charge in [-0.2, -0.15) is 0 Å². The van der Waals surface area contributed by atoms with Crippen LogP contribution in [0, 0.1) is 0 Å². The molecule has 0 saturated heterocycles. The lowest BCUT2D eigenvalue weighted by Gasteiger charge is -1.99. The Morgan fingerprint density at radius 3 is 2.90 bits per heavy atom. The van der Waals surface area contributed by atoms with Gasteiger partial charge in [0.2, 0.25) is 0 Å². The number of rotatable bonds is 2. The fraction of sp³-hybridized carbons (Fsp3) is 0. The first-order valence-corrected chi connectivity index (χ1v) is 6.76. The molecule has 1 aromatic carbocycles. The molecule has 3 N–H and O–H groups in total. The average Bonchev–Trinajstić information content (AvgIpc) is 2.80. The fourth-order valence-electron chi connectivity index (χ4n) is 1.57. The van der Waals surface area contributed by atoms with E-state index in [2.05, 4.69) is 20.3 Å². The molecule has 6 nitrogen and oxygen atoms in total. The summed E-state index contributed by atoms with van der Waals surface area (Å²) in [5.74, 6) is -0.126. The largest absolute Gasteiger partial charge is 0.382 e. The molecule has 0 bridgehead atoms. The van der Waals surface area contributed by atoms with E-state index in [-0.39, 0.29) is 17.4 Å². The first-order chi connectivity index (χ1) is 9.61. The number of hydrogen-bond donors (Lipinski definition) is 2. The van der Waals surface area contributed by atoms with Crippen molar-refractivity contribution in [3.05, 3.63) is 41.3 Å². The molecule has 3 rings (SSSR count). The maximum atomic E-state index is 12.0. The van der Waals surface area contributed by atoms with Crippen molar-refractivity contribution in [2.75, 3.05) is 11.1 Å². The van der Waals surface area contributed by atoms with E-state index in [0.29, 0.717) is 10.2 Å². The number of carbonyl (C=O) groups is 1. The van der Waals surface area contributed by atoms with E-state index in [9.17, 15) is 4.79 Å². The van der Waals surface area contributed by atoms with Gasteiger partial charge in [-0.15, -0.1) is 0 Å². The summed E-state index contributed by atoms with van der Waals surface area (Å²) in [7, 11) is 0. The van der Waals surface area contributed by atoms with Crippen LogP contribution in [0.5, 0.6) is 0 Å². The number of aromatic nitrogens is 3. The van der Waals surface area contributed by atoms with Gasteiger partial charge in [-0.25, -0.2) is 15.0 Å². The van der Waals surface area contributed by atoms with Crippen molar-refractivity contribution in [1.29, 1.82) is 0 Å². The zero-order valence-electron chi connectivity index (χ0n) is 10.0. The summed E-state index contributed by atoms with van der Waals surface area (Å²) >= 11 is 7.24. The Morgan fingerprint density at radius 1 is 1.30 bits per heavy atom. The molecule has 20 heavy (non-hydrogen) atoms. The molecule has 3 aromatic rings. The number of thiazole rings is 1. The third-order valence-electron chi connectivity index (χ3n) is 2.48. The number of halogens is 1. The number of nitrogens with two attached hydrogens (primary N) is 1. The lowest BCUT2D eigenvalue weighted by Crippen LogP contribution is -2.14. The van der Waals surface area contributed by atoms with Crippen LogP contribution in [0.4, 0.5) is 10.9 Å². The van der Waals surface area contributed by atoms with Crippen molar-refractivity contribution < 1.29 is 4.79 Å². The van der Waals surface area contributed by atoms with Gasteiger partial charge in [-0.3, -0.25) is 10.1 Å². The van der Waals surface area contributed by atoms with Crippen molar-refractivity contribution >= 4 is 50.0 Å². The van der Waals surface area contributed by atoms with E-state index in [1.807, 2.05) is 0 Å². The monoisotopic (exact) mass is 305 g/mol. The van der Waals surface area contributed by atoms with Gasteiger partial charge < -0.3 is 5.73 Å². The van der Waals surface area contributed by atoms with E-state index in [4.69, 9.17) is 17.3 Å². The Bertz CT molecular complexity index is 786. The quantitative estimate of drug-likeness (QED) is 0.759. The summed E-state index contributed by atoms with van der Waals surface area (Å²) in [5.41, 5.74) is 6.37. The van der Waals surface area contributed by atoms with Crippen LogP contribution in [-0.4, -0.2) is 20.9 Å². The van der Waals surface area contributed by atoms with E-state index >= 15 is 0 Å². The minimum atomic E-state index is -0.386. The summed E-state index contributed by atoms with van der Waals surface area (Å²) in [4.78, 5) is 24.0. The van der Waals surface area contributed by atoms with Crippen LogP contribution >= 0.6 is 22.9 Å². The third-order valence-corrected chi connectivity index (χ3v) is 3.64. The zero-order chi connectivity index (χ0) is 14.1. The highest BCUT2D eigenvalue weighted by Gasteiger charge is 2.11. The number of nitrogen functional groups attached to an aromatic ring is 1. The Hall–Kier alpha value is -2.25. The lowest BCUT2D eigenvalue weighted by molar-refractivity contribution is 0.102. The number of amides is 1. The SMILES string of the molecule is Nc1cnc(C(=O)Nc2nc3ccc(Cl)cc3s2)cn1. The summed E-state index contributed by atoms with van der Waals surface area (Å²) in [5, 5.41) is 3.77. The van der Waals surface area contributed by atoms with Gasteiger partial charge in [0.15, 0.2) is 5.13 Å². The van der Waals surface area contributed by atoms with Crippen LogP contribution in [0.2, 0.25) is 5.02 Å². The Labute approximate surface area is 122 Å². The predicted octanol–water partition coefficient (Wildman–Crippen LogP) is 2.57. The maximum Gasteiger partial charge on any atom is 0.277 e. The number of fused-ring (bicyclic) bond motifs is 1. The van der Waals surface area contributed by atoms with Crippen molar-refractivity contribution in [1.82, 2.24) is 15.0 Å². The molecule has 0 saturated carbocycles. The molecule has 0 aliphatic carbocycles. The van der Waals surface area contributed by atoms with Crippen LogP contribution < -0.4 is 11.1 Å². The molecule has 2 heterocycles. The van der Waals surface area contributed by atoms with E-state index in [0.717, 1.165) is 10.2 Å². The summed E-state index contributed by atoms with van der Waals surface area (Å²) in [6.45, 7) is 0. The van der Waals surface area contributed by atoms with Crippen molar-refractivity contribution in [2.24, 2.45) is 0 Å². The maximum absolute atomic E-state index is 12.0. The molecule has 1 amide bonds. The van der Waals surface area contributed by atoms with Crippen molar-refractivity contribution in [2.45, 2.75) is 0 Å². The predicted molar refractivity (Wildman–Crippen MR) is 79.0 cm³/mol. The molecule has 2 aromatic heterocycles. The topological polar surface area (TPSA) is 93.8 Å². The van der Waals surface area contributed by atoms with Crippen LogP contribution in [0.3, 0.4) is 0 Å². The lowest BCUT2D eigenvalue weighted by atomic mass is 10.3. The second-order valence-corrected chi connectivity index (χ2v) is 5.38. The van der Waals surface area contributed by atoms with E-state index in [1.165, 1.54) is 23.7 Å². The first kappa shape index (κ1) is 12.8. The molecule has 0 aliphatic rings. The van der Waals surface area contributed by atoms with Crippen molar-refractivity contribution in [3.8, 4) is 0 Å². The summed E-state index contributed by atoms with van der Waals surface area (Å²) in [6.07, 6.45) is 2.64. The molecular formula is C12H8ClN5OS. The molecule has 8 heteroatoms. The number of nitrogens with one attached hydrogen (secondary N) is 1. The van der Waals surface area contributed by atoms with E-state index < -0.39 is 0 Å². The van der Waals surface area contributed by atoms with Gasteiger partial charge in [0.1, 0.15) is 11.5 Å². The second kappa shape index (κ2) is 5.03. The normalized spacial score (nSPS) is 10.7. The smallest absolute Gasteiger partial charge is 0.277 e. The molecule has 0 atom stereocenters. The van der Waals surface area contributed by atoms with Gasteiger partial charge in [0.25, 0.3) is 5.91 Å². The minimum absolute atomic E-state index is 0.177. The van der Waals surface area contributed by atoms with Crippen LogP contribution in [0.1, 0.15) is 10.5 Å². The van der Waals surface area contributed by atoms with Gasteiger partial charge >= 0.3 is 0 Å².